The maximum Gasteiger partial charge on any atom is 0.308 e. The molecule has 1 aromatic rings. The van der Waals surface area contributed by atoms with Crippen LogP contribution < -0.4 is 14.8 Å². The molecule has 1 spiro atoms. The van der Waals surface area contributed by atoms with Crippen LogP contribution in [-0.2, 0) is 27.3 Å². The van der Waals surface area contributed by atoms with Crippen LogP contribution in [0, 0.1) is 22.7 Å². The minimum atomic E-state index is -0.466. The molecule has 7 heteroatoms. The van der Waals surface area contributed by atoms with Crippen LogP contribution in [0.3, 0.4) is 0 Å². The predicted molar refractivity (Wildman–Crippen MR) is 125 cm³/mol. The van der Waals surface area contributed by atoms with E-state index in [4.69, 9.17) is 14.2 Å². The van der Waals surface area contributed by atoms with Gasteiger partial charge < -0.3 is 19.5 Å². The molecule has 1 N–H and O–H groups in total. The van der Waals surface area contributed by atoms with E-state index in [1.807, 2.05) is 0 Å². The Bertz CT molecular complexity index is 1090. The molecule has 2 aliphatic carbocycles. The Morgan fingerprint density at radius 1 is 1.09 bits per heavy atom. The van der Waals surface area contributed by atoms with Crippen molar-refractivity contribution >= 4 is 17.8 Å². The number of hydrogen-bond acceptors (Lipinski definition) is 6. The van der Waals surface area contributed by atoms with Gasteiger partial charge in [0.2, 0.25) is 0 Å². The van der Waals surface area contributed by atoms with Gasteiger partial charge in [-0.25, -0.2) is 0 Å². The summed E-state index contributed by atoms with van der Waals surface area (Å²) in [5.74, 6) is 0.852. The van der Waals surface area contributed by atoms with E-state index in [1.54, 1.807) is 6.07 Å². The van der Waals surface area contributed by atoms with Gasteiger partial charge in [0.1, 0.15) is 23.2 Å². The van der Waals surface area contributed by atoms with E-state index in [0.29, 0.717) is 35.9 Å². The molecule has 0 aromatic heterocycles. The van der Waals surface area contributed by atoms with E-state index in [2.05, 4.69) is 33.0 Å². The molecule has 0 unspecified atom stereocenters. The Balaban J connectivity index is 1.68. The SMILES string of the molecule is CC(=O)Oc1cc2c(c3c1C[C@]1(C)[C@@H](C)CC[C@H]4C(C)(C)[C@H](OC(C)=O)CC[C@]41O3)CNC2=O. The van der Waals surface area contributed by atoms with Crippen molar-refractivity contribution in [2.24, 2.45) is 22.7 Å². The molecule has 5 atom stereocenters. The van der Waals surface area contributed by atoms with Crippen molar-refractivity contribution in [3.63, 3.8) is 0 Å². The average molecular weight is 470 g/mol. The van der Waals surface area contributed by atoms with Crippen LogP contribution in [0.15, 0.2) is 6.07 Å². The lowest BCUT2D eigenvalue weighted by Crippen LogP contribution is -2.70. The highest BCUT2D eigenvalue weighted by Crippen LogP contribution is 2.67. The standard InChI is InChI=1S/C27H35NO6/c1-14-7-8-21-25(4,5)22(33-16(3)30)9-10-27(21)26(14,6)12-18-20(32-15(2)29)11-17-19(23(18)34-27)13-28-24(17)31/h11,14,21-22H,7-10,12-13H2,1-6H3,(H,28,31)/t14-,21-,22+,26+,27-/m0/s1. The van der Waals surface area contributed by atoms with E-state index in [1.165, 1.54) is 13.8 Å². The summed E-state index contributed by atoms with van der Waals surface area (Å²) < 4.78 is 18.6. The molecule has 5 rings (SSSR count). The fourth-order valence-electron chi connectivity index (χ4n) is 7.58. The molecule has 2 heterocycles. The summed E-state index contributed by atoms with van der Waals surface area (Å²) in [5, 5.41) is 2.90. The van der Waals surface area contributed by atoms with Gasteiger partial charge in [-0.1, -0.05) is 27.7 Å². The number of nitrogens with one attached hydrogen (secondary N) is 1. The number of fused-ring (bicyclic) bond motifs is 3. The van der Waals surface area contributed by atoms with Crippen molar-refractivity contribution in [2.45, 2.75) is 91.9 Å². The van der Waals surface area contributed by atoms with Crippen LogP contribution in [0.25, 0.3) is 0 Å². The number of ether oxygens (including phenoxy) is 3. The predicted octanol–water partition coefficient (Wildman–Crippen LogP) is 4.33. The summed E-state index contributed by atoms with van der Waals surface area (Å²) in [4.78, 5) is 36.4. The zero-order chi connectivity index (χ0) is 24.6. The van der Waals surface area contributed by atoms with Gasteiger partial charge >= 0.3 is 11.9 Å². The highest BCUT2D eigenvalue weighted by atomic mass is 16.5. The van der Waals surface area contributed by atoms with Gasteiger partial charge in [-0.15, -0.1) is 0 Å². The highest BCUT2D eigenvalue weighted by Gasteiger charge is 2.68. The second-order valence-corrected chi connectivity index (χ2v) is 11.6. The summed E-state index contributed by atoms with van der Waals surface area (Å²) in [6, 6.07) is 1.70. The highest BCUT2D eigenvalue weighted by molar-refractivity contribution is 6.00. The van der Waals surface area contributed by atoms with Crippen molar-refractivity contribution in [3.05, 3.63) is 22.8 Å². The average Bonchev–Trinajstić information content (AvgIpc) is 3.10. The summed E-state index contributed by atoms with van der Waals surface area (Å²) in [6.07, 6.45) is 4.07. The van der Waals surface area contributed by atoms with E-state index in [-0.39, 0.29) is 34.7 Å². The number of rotatable bonds is 2. The van der Waals surface area contributed by atoms with Crippen molar-refractivity contribution in [1.82, 2.24) is 5.32 Å². The number of esters is 2. The van der Waals surface area contributed by atoms with E-state index in [0.717, 1.165) is 36.8 Å². The fraction of sp³-hybridized carbons (Fsp3) is 0.667. The molecule has 2 aliphatic heterocycles. The Morgan fingerprint density at radius 2 is 1.82 bits per heavy atom. The first kappa shape index (κ1) is 23.2. The van der Waals surface area contributed by atoms with E-state index in [9.17, 15) is 14.4 Å². The number of hydrogen-bond donors (Lipinski definition) is 1. The topological polar surface area (TPSA) is 90.9 Å². The Hall–Kier alpha value is -2.57. The molecule has 1 aromatic carbocycles. The molecule has 2 saturated carbocycles. The second-order valence-electron chi connectivity index (χ2n) is 11.6. The molecule has 0 saturated heterocycles. The largest absolute Gasteiger partial charge is 0.486 e. The molecule has 1 amide bonds. The third-order valence-electron chi connectivity index (χ3n) is 9.52. The first-order valence-corrected chi connectivity index (χ1v) is 12.4. The lowest BCUT2D eigenvalue weighted by Gasteiger charge is -2.67. The lowest BCUT2D eigenvalue weighted by molar-refractivity contribution is -0.238. The third kappa shape index (κ3) is 3.04. The van der Waals surface area contributed by atoms with Crippen LogP contribution >= 0.6 is 0 Å². The molecule has 7 nitrogen and oxygen atoms in total. The van der Waals surface area contributed by atoms with Crippen LogP contribution in [0.2, 0.25) is 0 Å². The summed E-state index contributed by atoms with van der Waals surface area (Å²) in [6.45, 7) is 12.3. The third-order valence-corrected chi connectivity index (χ3v) is 9.52. The Labute approximate surface area is 200 Å². The molecule has 0 radical (unpaired) electrons. The fourth-order valence-corrected chi connectivity index (χ4v) is 7.58. The van der Waals surface area contributed by atoms with E-state index < -0.39 is 11.6 Å². The second kappa shape index (κ2) is 7.46. The van der Waals surface area contributed by atoms with Gasteiger partial charge in [0, 0.05) is 48.3 Å². The number of carbonyl (C=O) groups is 3. The maximum atomic E-state index is 12.6. The minimum absolute atomic E-state index is 0.162. The van der Waals surface area contributed by atoms with Gasteiger partial charge in [-0.3, -0.25) is 14.4 Å². The quantitative estimate of drug-likeness (QED) is 0.512. The smallest absolute Gasteiger partial charge is 0.308 e. The Kier molecular flexibility index (Phi) is 5.09. The van der Waals surface area contributed by atoms with Crippen molar-refractivity contribution < 1.29 is 28.6 Å². The molecule has 34 heavy (non-hydrogen) atoms. The monoisotopic (exact) mass is 469 g/mol. The minimum Gasteiger partial charge on any atom is -0.486 e. The normalized spacial score (nSPS) is 35.0. The molecule has 0 bridgehead atoms. The van der Waals surface area contributed by atoms with Gasteiger partial charge in [0.25, 0.3) is 5.91 Å². The summed E-state index contributed by atoms with van der Waals surface area (Å²) in [7, 11) is 0. The van der Waals surface area contributed by atoms with Crippen LogP contribution in [-0.4, -0.2) is 29.6 Å². The first-order valence-electron chi connectivity index (χ1n) is 12.4. The number of benzene rings is 1. The zero-order valence-electron chi connectivity index (χ0n) is 21.0. The molecule has 4 aliphatic rings. The van der Waals surface area contributed by atoms with Crippen LogP contribution in [0.1, 0.15) is 88.7 Å². The van der Waals surface area contributed by atoms with Gasteiger partial charge in [-0.05, 0) is 44.1 Å². The van der Waals surface area contributed by atoms with Gasteiger partial charge in [0.15, 0.2) is 0 Å². The van der Waals surface area contributed by atoms with Crippen LogP contribution in [0.4, 0.5) is 0 Å². The lowest BCUT2D eigenvalue weighted by atomic mass is 9.43. The summed E-state index contributed by atoms with van der Waals surface area (Å²) >= 11 is 0. The maximum absolute atomic E-state index is 12.6. The number of carbonyl (C=O) groups excluding carboxylic acids is 3. The molecule has 184 valence electrons. The van der Waals surface area contributed by atoms with Crippen LogP contribution in [0.5, 0.6) is 11.5 Å². The molecule has 2 fully saturated rings. The van der Waals surface area contributed by atoms with Gasteiger partial charge in [-0.2, -0.15) is 0 Å². The van der Waals surface area contributed by atoms with Crippen molar-refractivity contribution in [2.75, 3.05) is 0 Å². The zero-order valence-corrected chi connectivity index (χ0v) is 21.0. The molecular formula is C27H35NO6. The van der Waals surface area contributed by atoms with Crippen molar-refractivity contribution in [1.29, 1.82) is 0 Å². The van der Waals surface area contributed by atoms with E-state index >= 15 is 0 Å². The Morgan fingerprint density at radius 3 is 2.50 bits per heavy atom. The van der Waals surface area contributed by atoms with Gasteiger partial charge in [0.05, 0.1) is 5.56 Å². The van der Waals surface area contributed by atoms with Crippen molar-refractivity contribution in [3.8, 4) is 11.5 Å². The number of amides is 1. The summed E-state index contributed by atoms with van der Waals surface area (Å²) in [5.41, 5.74) is 1.30. The molecular weight excluding hydrogens is 434 g/mol. The first-order chi connectivity index (χ1) is 15.9.